The fourth-order valence-corrected chi connectivity index (χ4v) is 3.20. The van der Waals surface area contributed by atoms with Gasteiger partial charge in [0.05, 0.1) is 16.7 Å². The molecule has 1 aromatic heterocycles. The molecular weight excluding hydrogens is 382 g/mol. The van der Waals surface area contributed by atoms with E-state index in [0.717, 1.165) is 42.8 Å². The highest BCUT2D eigenvalue weighted by Gasteiger charge is 2.24. The molecule has 0 aliphatic heterocycles. The zero-order chi connectivity index (χ0) is 21.8. The van der Waals surface area contributed by atoms with E-state index in [4.69, 9.17) is 21.6 Å². The van der Waals surface area contributed by atoms with Crippen LogP contribution in [-0.2, 0) is 0 Å². The fraction of sp³-hybridized carbons (Fsp3) is 0.417. The van der Waals surface area contributed by atoms with Gasteiger partial charge in [-0.05, 0) is 51.7 Å². The Morgan fingerprint density at radius 3 is 2.38 bits per heavy atom. The first-order valence-electron chi connectivity index (χ1n) is 10.1. The molecule has 29 heavy (non-hydrogen) atoms. The van der Waals surface area contributed by atoms with Crippen LogP contribution < -0.4 is 4.74 Å². The van der Waals surface area contributed by atoms with Crippen LogP contribution in [0.1, 0.15) is 69.5 Å². The maximum absolute atomic E-state index is 8.89. The number of imidazole rings is 1. The molecule has 5 heteroatoms. The summed E-state index contributed by atoms with van der Waals surface area (Å²) in [6.07, 6.45) is 8.10. The number of hydrogen-bond donors (Lipinski definition) is 1. The Bertz CT molecular complexity index is 827. The lowest BCUT2D eigenvalue weighted by atomic mass is 9.85. The predicted octanol–water partition coefficient (Wildman–Crippen LogP) is 7.12. The highest BCUT2D eigenvalue weighted by molar-refractivity contribution is 6.31. The number of H-pyrrole nitrogens is 1. The van der Waals surface area contributed by atoms with Crippen LogP contribution in [0.4, 0.5) is 0 Å². The minimum absolute atomic E-state index is 0.212. The molecule has 2 aromatic rings. The number of benzene rings is 1. The molecule has 156 valence electrons. The summed E-state index contributed by atoms with van der Waals surface area (Å²) in [7, 11) is 0. The molecule has 4 nitrogen and oxygen atoms in total. The third-order valence-electron chi connectivity index (χ3n) is 4.55. The second-order valence-corrected chi connectivity index (χ2v) is 7.23. The largest absolute Gasteiger partial charge is 0.490 e. The zero-order valence-electron chi connectivity index (χ0n) is 18.0. The number of ether oxygens (including phenoxy) is 1. The van der Waals surface area contributed by atoms with E-state index in [1.165, 1.54) is 5.69 Å². The Hall–Kier alpha value is -2.51. The van der Waals surface area contributed by atoms with Crippen molar-refractivity contribution in [2.75, 3.05) is 0 Å². The standard InChI is InChI=1S/C17H18ClN3O.C5H8.C2H6/c1-11-20-10-17(21-11)12-2-5-14(6-3-12)22-15-7-4-13(9-19)16(18)8-15;1-4-5(2)3;1-2/h4,7-8,10,12,14H,2-3,5-6H2,1H3,(H,20,21);4H,1-2H2,3H3;1-2H3. The lowest BCUT2D eigenvalue weighted by molar-refractivity contribution is 0.146. The van der Waals surface area contributed by atoms with Crippen LogP contribution in [0.5, 0.6) is 5.75 Å². The fourth-order valence-electron chi connectivity index (χ4n) is 2.99. The van der Waals surface area contributed by atoms with Gasteiger partial charge in [-0.15, -0.1) is 0 Å². The highest BCUT2D eigenvalue weighted by Crippen LogP contribution is 2.34. The Labute approximate surface area is 180 Å². The molecule has 0 bridgehead atoms. The number of rotatable bonds is 4. The third kappa shape index (κ3) is 8.17. The van der Waals surface area contributed by atoms with Crippen LogP contribution in [0.3, 0.4) is 0 Å². The Morgan fingerprint density at radius 1 is 1.31 bits per heavy atom. The van der Waals surface area contributed by atoms with Crippen molar-refractivity contribution < 1.29 is 4.74 Å². The van der Waals surface area contributed by atoms with Crippen LogP contribution in [0.15, 0.2) is 49.2 Å². The molecule has 0 saturated heterocycles. The van der Waals surface area contributed by atoms with Gasteiger partial charge in [0.2, 0.25) is 0 Å². The molecular formula is C24H32ClN3O. The summed E-state index contributed by atoms with van der Waals surface area (Å²) >= 11 is 6.04. The molecule has 0 radical (unpaired) electrons. The SMILES string of the molecule is C=CC(=C)C.CC.Cc1ncc(C2CCC(Oc3ccc(C#N)c(Cl)c3)CC2)[nH]1. The van der Waals surface area contributed by atoms with Gasteiger partial charge < -0.3 is 9.72 Å². The van der Waals surface area contributed by atoms with Crippen molar-refractivity contribution in [2.24, 2.45) is 0 Å². The molecule has 1 saturated carbocycles. The van der Waals surface area contributed by atoms with E-state index in [9.17, 15) is 0 Å². The van der Waals surface area contributed by atoms with Crippen molar-refractivity contribution in [3.05, 3.63) is 71.3 Å². The number of aryl methyl sites for hydroxylation is 1. The summed E-state index contributed by atoms with van der Waals surface area (Å²) in [5.74, 6) is 2.26. The summed E-state index contributed by atoms with van der Waals surface area (Å²) in [4.78, 5) is 7.61. The molecule has 1 N–H and O–H groups in total. The van der Waals surface area contributed by atoms with Gasteiger partial charge in [0, 0.05) is 23.9 Å². The first-order chi connectivity index (χ1) is 13.9. The Balaban J connectivity index is 0.000000527. The van der Waals surface area contributed by atoms with Crippen LogP contribution >= 0.6 is 11.6 Å². The first-order valence-corrected chi connectivity index (χ1v) is 10.5. The normalized spacial score (nSPS) is 17.5. The third-order valence-corrected chi connectivity index (χ3v) is 4.86. The van der Waals surface area contributed by atoms with E-state index >= 15 is 0 Å². The highest BCUT2D eigenvalue weighted by atomic mass is 35.5. The van der Waals surface area contributed by atoms with Crippen molar-refractivity contribution in [1.29, 1.82) is 5.26 Å². The predicted molar refractivity (Wildman–Crippen MR) is 121 cm³/mol. The van der Waals surface area contributed by atoms with Gasteiger partial charge in [-0.1, -0.05) is 50.3 Å². The van der Waals surface area contributed by atoms with Gasteiger partial charge in [-0.3, -0.25) is 0 Å². The van der Waals surface area contributed by atoms with E-state index in [2.05, 4.69) is 29.2 Å². The average molecular weight is 414 g/mol. The van der Waals surface area contributed by atoms with Crippen LogP contribution in [0, 0.1) is 18.3 Å². The Morgan fingerprint density at radius 2 is 1.93 bits per heavy atom. The van der Waals surface area contributed by atoms with Crippen molar-refractivity contribution >= 4 is 11.6 Å². The summed E-state index contributed by atoms with van der Waals surface area (Å²) in [6, 6.07) is 7.30. The summed E-state index contributed by atoms with van der Waals surface area (Å²) in [5.41, 5.74) is 2.73. The number of nitrogens with one attached hydrogen (secondary N) is 1. The lowest BCUT2D eigenvalue weighted by Crippen LogP contribution is -2.23. The van der Waals surface area contributed by atoms with E-state index in [1.807, 2.05) is 40.0 Å². The number of nitrogens with zero attached hydrogens (tertiary/aromatic N) is 2. The van der Waals surface area contributed by atoms with Crippen LogP contribution in [0.2, 0.25) is 5.02 Å². The van der Waals surface area contributed by atoms with Crippen molar-refractivity contribution in [3.63, 3.8) is 0 Å². The van der Waals surface area contributed by atoms with Crippen molar-refractivity contribution in [3.8, 4) is 11.8 Å². The van der Waals surface area contributed by atoms with E-state index in [-0.39, 0.29) is 6.10 Å². The van der Waals surface area contributed by atoms with Crippen LogP contribution in [0.25, 0.3) is 0 Å². The number of allylic oxidation sites excluding steroid dienone is 2. The van der Waals surface area contributed by atoms with Crippen LogP contribution in [-0.4, -0.2) is 16.1 Å². The molecule has 0 unspecified atom stereocenters. The maximum Gasteiger partial charge on any atom is 0.121 e. The van der Waals surface area contributed by atoms with Gasteiger partial charge in [-0.2, -0.15) is 5.26 Å². The van der Waals surface area contributed by atoms with Crippen molar-refractivity contribution in [2.45, 2.75) is 65.4 Å². The summed E-state index contributed by atoms with van der Waals surface area (Å²) in [5, 5.41) is 9.33. The number of aromatic nitrogens is 2. The molecule has 0 amide bonds. The van der Waals surface area contributed by atoms with Gasteiger partial charge in [-0.25, -0.2) is 4.98 Å². The number of aromatic amines is 1. The topological polar surface area (TPSA) is 61.7 Å². The van der Waals surface area contributed by atoms with Gasteiger partial charge >= 0.3 is 0 Å². The minimum Gasteiger partial charge on any atom is -0.490 e. The van der Waals surface area contributed by atoms with E-state index < -0.39 is 0 Å². The number of nitriles is 1. The van der Waals surface area contributed by atoms with Gasteiger partial charge in [0.1, 0.15) is 17.6 Å². The quantitative estimate of drug-likeness (QED) is 0.542. The molecule has 1 fully saturated rings. The maximum atomic E-state index is 8.89. The van der Waals surface area contributed by atoms with E-state index in [0.29, 0.717) is 16.5 Å². The first kappa shape index (κ1) is 24.5. The smallest absolute Gasteiger partial charge is 0.121 e. The molecule has 3 rings (SSSR count). The summed E-state index contributed by atoms with van der Waals surface area (Å²) in [6.45, 7) is 14.9. The minimum atomic E-state index is 0.212. The Kier molecular flexibility index (Phi) is 10.9. The monoisotopic (exact) mass is 413 g/mol. The second kappa shape index (κ2) is 12.9. The molecule has 1 aromatic carbocycles. The average Bonchev–Trinajstić information content (AvgIpc) is 3.17. The van der Waals surface area contributed by atoms with Gasteiger partial charge in [0.15, 0.2) is 0 Å². The lowest BCUT2D eigenvalue weighted by Gasteiger charge is -2.28. The molecule has 0 atom stereocenters. The molecule has 1 heterocycles. The molecule has 1 aliphatic carbocycles. The molecule has 1 aliphatic rings. The van der Waals surface area contributed by atoms with Gasteiger partial charge in [0.25, 0.3) is 0 Å². The summed E-state index contributed by atoms with van der Waals surface area (Å²) < 4.78 is 6.01. The molecule has 0 spiro atoms. The second-order valence-electron chi connectivity index (χ2n) is 6.82. The van der Waals surface area contributed by atoms with E-state index in [1.54, 1.807) is 18.2 Å². The number of halogens is 1. The van der Waals surface area contributed by atoms with Crippen molar-refractivity contribution in [1.82, 2.24) is 9.97 Å². The zero-order valence-corrected chi connectivity index (χ0v) is 18.7. The number of hydrogen-bond acceptors (Lipinski definition) is 3.